The summed E-state index contributed by atoms with van der Waals surface area (Å²) in [5.41, 5.74) is 4.61. The molecule has 0 aliphatic rings. The number of hydrogen-bond donors (Lipinski definition) is 2. The van der Waals surface area contributed by atoms with Gasteiger partial charge in [0.15, 0.2) is 0 Å². The van der Waals surface area contributed by atoms with Gasteiger partial charge in [-0.2, -0.15) is 13.2 Å². The lowest BCUT2D eigenvalue weighted by Crippen LogP contribution is -2.10. The summed E-state index contributed by atoms with van der Waals surface area (Å²) in [5, 5.41) is 2.48. The molecule has 2 aromatic rings. The number of pyridine rings is 1. The summed E-state index contributed by atoms with van der Waals surface area (Å²) in [6, 6.07) is 5.03. The van der Waals surface area contributed by atoms with E-state index in [0.717, 1.165) is 6.07 Å². The second-order valence-corrected chi connectivity index (χ2v) is 4.55. The zero-order valence-corrected chi connectivity index (χ0v) is 11.2. The number of alkyl halides is 3. The minimum atomic E-state index is -4.56. The van der Waals surface area contributed by atoms with E-state index in [1.54, 1.807) is 0 Å². The van der Waals surface area contributed by atoms with Crippen LogP contribution in [-0.2, 0) is 6.18 Å². The fraction of sp³-hybridized carbons (Fsp3) is 0.0769. The smallest absolute Gasteiger partial charge is 0.389 e. The Labute approximate surface area is 122 Å². The molecule has 0 aliphatic carbocycles. The number of nitrogens with one attached hydrogen (secondary N) is 1. The summed E-state index contributed by atoms with van der Waals surface area (Å²) in [6.45, 7) is 0. The van der Waals surface area contributed by atoms with Crippen molar-refractivity contribution in [2.45, 2.75) is 6.18 Å². The van der Waals surface area contributed by atoms with Crippen LogP contribution >= 0.6 is 12.2 Å². The third-order valence-corrected chi connectivity index (χ3v) is 2.84. The first-order valence-electron chi connectivity index (χ1n) is 5.67. The van der Waals surface area contributed by atoms with Crippen molar-refractivity contribution >= 4 is 28.7 Å². The average molecular weight is 315 g/mol. The van der Waals surface area contributed by atoms with Gasteiger partial charge < -0.3 is 11.1 Å². The Morgan fingerprint density at radius 2 is 1.90 bits per heavy atom. The van der Waals surface area contributed by atoms with Gasteiger partial charge in [-0.25, -0.2) is 9.37 Å². The molecule has 0 bridgehead atoms. The summed E-state index contributed by atoms with van der Waals surface area (Å²) < 4.78 is 51.4. The van der Waals surface area contributed by atoms with Crippen molar-refractivity contribution in [3.05, 3.63) is 53.5 Å². The number of anilines is 2. The lowest BCUT2D eigenvalue weighted by Gasteiger charge is -2.11. The minimum absolute atomic E-state index is 0.102. The molecule has 3 nitrogen and oxygen atoms in total. The van der Waals surface area contributed by atoms with Gasteiger partial charge in [0.1, 0.15) is 16.6 Å². The van der Waals surface area contributed by atoms with Crippen LogP contribution in [0.4, 0.5) is 29.1 Å². The van der Waals surface area contributed by atoms with E-state index in [-0.39, 0.29) is 16.5 Å². The summed E-state index contributed by atoms with van der Waals surface area (Å²) in [7, 11) is 0. The van der Waals surface area contributed by atoms with E-state index in [1.165, 1.54) is 18.3 Å². The number of halogens is 4. The maximum absolute atomic E-state index is 13.6. The molecule has 0 saturated heterocycles. The normalized spacial score (nSPS) is 11.2. The first-order chi connectivity index (χ1) is 9.77. The van der Waals surface area contributed by atoms with E-state index in [1.807, 2.05) is 0 Å². The highest BCUT2D eigenvalue weighted by atomic mass is 32.1. The Morgan fingerprint density at radius 1 is 1.19 bits per heavy atom. The van der Waals surface area contributed by atoms with E-state index in [2.05, 4.69) is 10.3 Å². The maximum atomic E-state index is 13.6. The molecule has 8 heteroatoms. The number of aromatic nitrogens is 1. The fourth-order valence-corrected chi connectivity index (χ4v) is 1.71. The molecule has 21 heavy (non-hydrogen) atoms. The Bertz CT molecular complexity index is 685. The van der Waals surface area contributed by atoms with Crippen LogP contribution in [0, 0.1) is 5.82 Å². The van der Waals surface area contributed by atoms with Gasteiger partial charge in [0, 0.05) is 11.8 Å². The van der Waals surface area contributed by atoms with Gasteiger partial charge in [0.2, 0.25) is 0 Å². The Hall–Kier alpha value is -2.22. The number of benzene rings is 1. The molecule has 1 aromatic carbocycles. The molecular weight excluding hydrogens is 306 g/mol. The second kappa shape index (κ2) is 5.65. The maximum Gasteiger partial charge on any atom is 0.416 e. The predicted octanol–water partition coefficient (Wildman–Crippen LogP) is 3.62. The number of nitrogens with zero attached hydrogens (tertiary/aromatic N) is 1. The molecule has 0 amide bonds. The molecule has 1 heterocycles. The van der Waals surface area contributed by atoms with Crippen molar-refractivity contribution in [3.63, 3.8) is 0 Å². The Balaban J connectivity index is 2.35. The van der Waals surface area contributed by atoms with Gasteiger partial charge in [-0.05, 0) is 30.3 Å². The zero-order chi connectivity index (χ0) is 15.6. The SMILES string of the molecule is NC(=S)c1ccnc(Nc2cc(C(F)(F)F)ccc2F)c1. The van der Waals surface area contributed by atoms with Crippen LogP contribution in [0.5, 0.6) is 0 Å². The minimum Gasteiger partial charge on any atom is -0.389 e. The van der Waals surface area contributed by atoms with Crippen LogP contribution in [0.15, 0.2) is 36.5 Å². The van der Waals surface area contributed by atoms with Crippen LogP contribution in [0.2, 0.25) is 0 Å². The van der Waals surface area contributed by atoms with Crippen molar-refractivity contribution in [1.29, 1.82) is 0 Å². The van der Waals surface area contributed by atoms with E-state index < -0.39 is 17.6 Å². The topological polar surface area (TPSA) is 50.9 Å². The highest BCUT2D eigenvalue weighted by Crippen LogP contribution is 2.32. The summed E-state index contributed by atoms with van der Waals surface area (Å²) in [5.74, 6) is -0.691. The van der Waals surface area contributed by atoms with Gasteiger partial charge in [-0.3, -0.25) is 0 Å². The molecule has 0 spiro atoms. The molecule has 1 aromatic heterocycles. The second-order valence-electron chi connectivity index (χ2n) is 4.11. The molecule has 0 fully saturated rings. The van der Waals surface area contributed by atoms with E-state index in [4.69, 9.17) is 18.0 Å². The van der Waals surface area contributed by atoms with Crippen molar-refractivity contribution in [2.75, 3.05) is 5.32 Å². The first-order valence-corrected chi connectivity index (χ1v) is 6.08. The highest BCUT2D eigenvalue weighted by Gasteiger charge is 2.31. The van der Waals surface area contributed by atoms with Gasteiger partial charge in [0.25, 0.3) is 0 Å². The molecule has 0 radical (unpaired) electrons. The van der Waals surface area contributed by atoms with E-state index in [0.29, 0.717) is 17.7 Å². The lowest BCUT2D eigenvalue weighted by atomic mass is 10.2. The van der Waals surface area contributed by atoms with E-state index in [9.17, 15) is 17.6 Å². The van der Waals surface area contributed by atoms with Crippen molar-refractivity contribution in [1.82, 2.24) is 4.98 Å². The standard InChI is InChI=1S/C13H9F4N3S/c14-9-2-1-8(13(15,16)17)6-10(9)20-11-5-7(12(18)21)3-4-19-11/h1-6H,(H2,18,21)(H,19,20). The molecular formula is C13H9F4N3S. The summed E-state index contributed by atoms with van der Waals surface area (Å²) in [6.07, 6.45) is -3.19. The van der Waals surface area contributed by atoms with Crippen LogP contribution < -0.4 is 11.1 Å². The molecule has 2 rings (SSSR count). The third-order valence-electron chi connectivity index (χ3n) is 2.60. The number of thiocarbonyl (C=S) groups is 1. The monoisotopic (exact) mass is 315 g/mol. The highest BCUT2D eigenvalue weighted by molar-refractivity contribution is 7.80. The van der Waals surface area contributed by atoms with Crippen LogP contribution in [0.3, 0.4) is 0 Å². The number of rotatable bonds is 3. The quantitative estimate of drug-likeness (QED) is 0.671. The Morgan fingerprint density at radius 3 is 2.52 bits per heavy atom. The Kier molecular flexibility index (Phi) is 4.08. The molecule has 110 valence electrons. The van der Waals surface area contributed by atoms with Gasteiger partial charge in [0.05, 0.1) is 11.3 Å². The lowest BCUT2D eigenvalue weighted by molar-refractivity contribution is -0.137. The van der Waals surface area contributed by atoms with Crippen LogP contribution in [0.25, 0.3) is 0 Å². The summed E-state index contributed by atoms with van der Waals surface area (Å²) in [4.78, 5) is 3.98. The molecule has 0 unspecified atom stereocenters. The average Bonchev–Trinajstić information content (AvgIpc) is 2.40. The summed E-state index contributed by atoms with van der Waals surface area (Å²) >= 11 is 4.78. The first kappa shape index (κ1) is 15.2. The number of hydrogen-bond acceptors (Lipinski definition) is 3. The molecule has 0 atom stereocenters. The third kappa shape index (κ3) is 3.66. The predicted molar refractivity (Wildman–Crippen MR) is 74.8 cm³/mol. The van der Waals surface area contributed by atoms with E-state index >= 15 is 0 Å². The van der Waals surface area contributed by atoms with Gasteiger partial charge >= 0.3 is 6.18 Å². The van der Waals surface area contributed by atoms with Crippen LogP contribution in [-0.4, -0.2) is 9.97 Å². The largest absolute Gasteiger partial charge is 0.416 e. The zero-order valence-electron chi connectivity index (χ0n) is 10.4. The molecule has 0 aliphatic heterocycles. The molecule has 3 N–H and O–H groups in total. The van der Waals surface area contributed by atoms with Crippen molar-refractivity contribution in [3.8, 4) is 0 Å². The van der Waals surface area contributed by atoms with Crippen molar-refractivity contribution in [2.24, 2.45) is 5.73 Å². The van der Waals surface area contributed by atoms with Crippen molar-refractivity contribution < 1.29 is 17.6 Å². The fourth-order valence-electron chi connectivity index (χ4n) is 1.59. The van der Waals surface area contributed by atoms with Gasteiger partial charge in [-0.15, -0.1) is 0 Å². The van der Waals surface area contributed by atoms with Crippen LogP contribution in [0.1, 0.15) is 11.1 Å². The number of nitrogens with two attached hydrogens (primary N) is 1. The van der Waals surface area contributed by atoms with Gasteiger partial charge in [-0.1, -0.05) is 12.2 Å². The molecule has 0 saturated carbocycles.